The summed E-state index contributed by atoms with van der Waals surface area (Å²) in [4.78, 5) is 14.9. The minimum absolute atomic E-state index is 0.622. The Hall–Kier alpha value is -1.75. The van der Waals surface area contributed by atoms with Crippen LogP contribution in [-0.4, -0.2) is 47.7 Å². The van der Waals surface area contributed by atoms with Crippen LogP contribution in [-0.2, 0) is 24.1 Å². The molecule has 6 nitrogen and oxygen atoms in total. The van der Waals surface area contributed by atoms with E-state index in [1.807, 2.05) is 11.3 Å². The molecule has 0 spiro atoms. The highest BCUT2D eigenvalue weighted by atomic mass is 32.1. The summed E-state index contributed by atoms with van der Waals surface area (Å²) in [6, 6.07) is 2.22. The van der Waals surface area contributed by atoms with Gasteiger partial charge in [-0.25, -0.2) is 9.97 Å². The second kappa shape index (κ2) is 8.96. The van der Waals surface area contributed by atoms with Crippen LogP contribution in [0.2, 0.25) is 0 Å². The zero-order chi connectivity index (χ0) is 18.5. The summed E-state index contributed by atoms with van der Waals surface area (Å²) in [7, 11) is 0. The number of thiophene rings is 1. The quantitative estimate of drug-likeness (QED) is 0.735. The van der Waals surface area contributed by atoms with E-state index in [1.54, 1.807) is 0 Å². The average Bonchev–Trinajstić information content (AvgIpc) is 3.07. The van der Waals surface area contributed by atoms with Gasteiger partial charge in [-0.15, -0.1) is 11.3 Å². The lowest BCUT2D eigenvalue weighted by molar-refractivity contribution is 0.0331. The summed E-state index contributed by atoms with van der Waals surface area (Å²) in [5.41, 5.74) is 1.47. The van der Waals surface area contributed by atoms with Crippen LogP contribution in [0.5, 0.6) is 0 Å². The van der Waals surface area contributed by atoms with Crippen molar-refractivity contribution < 1.29 is 4.74 Å². The van der Waals surface area contributed by atoms with Crippen LogP contribution in [0.1, 0.15) is 48.4 Å². The van der Waals surface area contributed by atoms with Crippen LogP contribution >= 0.6 is 11.3 Å². The summed E-state index contributed by atoms with van der Waals surface area (Å²) < 4.78 is 5.46. The molecule has 2 aliphatic rings. The number of rotatable bonds is 7. The van der Waals surface area contributed by atoms with E-state index < -0.39 is 0 Å². The van der Waals surface area contributed by atoms with E-state index in [4.69, 9.17) is 20.0 Å². The second-order valence-corrected chi connectivity index (χ2v) is 8.39. The molecule has 4 rings (SSSR count). The van der Waals surface area contributed by atoms with Gasteiger partial charge in [0.15, 0.2) is 0 Å². The number of hydrogen-bond acceptors (Lipinski definition) is 7. The third-order valence-electron chi connectivity index (χ3n) is 5.34. The molecule has 3 heterocycles. The predicted octanol–water partition coefficient (Wildman–Crippen LogP) is 3.51. The van der Waals surface area contributed by atoms with Crippen molar-refractivity contribution in [3.05, 3.63) is 16.3 Å². The molecule has 7 heteroatoms. The first-order valence-electron chi connectivity index (χ1n) is 10.1. The fraction of sp³-hybridized carbons (Fsp3) is 0.650. The lowest BCUT2D eigenvalue weighted by Crippen LogP contribution is -2.36. The second-order valence-electron chi connectivity index (χ2n) is 7.31. The number of aryl methyl sites for hydroxylation is 2. The van der Waals surface area contributed by atoms with Gasteiger partial charge >= 0.3 is 0 Å². The Morgan fingerprint density at radius 3 is 2.85 bits per heavy atom. The van der Waals surface area contributed by atoms with Gasteiger partial charge in [-0.1, -0.05) is 0 Å². The van der Waals surface area contributed by atoms with Crippen LogP contribution in [0.3, 0.4) is 0 Å². The molecule has 2 aromatic heterocycles. The Bertz CT molecular complexity index is 822. The maximum Gasteiger partial charge on any atom is 0.146 e. The Balaban J connectivity index is 1.59. The maximum atomic E-state index is 8.72. The van der Waals surface area contributed by atoms with Crippen LogP contribution in [0.4, 0.5) is 5.82 Å². The molecule has 0 amide bonds. The standard InChI is InChI=1S/C20H27N5OS/c21-8-4-1-5-9-22-19-18-15-6-2-3-7-16(15)27-20(18)24-17(23-19)14-25-10-12-26-13-11-25/h1-7,9-14H2,(H,22,23,24). The molecule has 1 aliphatic heterocycles. The van der Waals surface area contributed by atoms with E-state index >= 15 is 0 Å². The van der Waals surface area contributed by atoms with Crippen molar-refractivity contribution in [2.24, 2.45) is 0 Å². The summed E-state index contributed by atoms with van der Waals surface area (Å²) >= 11 is 1.86. The number of hydrogen-bond donors (Lipinski definition) is 1. The number of ether oxygens (including phenoxy) is 1. The lowest BCUT2D eigenvalue weighted by atomic mass is 9.97. The molecule has 27 heavy (non-hydrogen) atoms. The SMILES string of the molecule is N#CCCCCNc1nc(CN2CCOCC2)nc2sc3c(c12)CCCC3. The summed E-state index contributed by atoms with van der Waals surface area (Å²) in [6.07, 6.45) is 7.41. The van der Waals surface area contributed by atoms with Crippen LogP contribution in [0.15, 0.2) is 0 Å². The molecular weight excluding hydrogens is 358 g/mol. The molecule has 144 valence electrons. The van der Waals surface area contributed by atoms with Crippen LogP contribution in [0.25, 0.3) is 10.2 Å². The molecule has 1 N–H and O–H groups in total. The van der Waals surface area contributed by atoms with Gasteiger partial charge in [0.1, 0.15) is 16.5 Å². The monoisotopic (exact) mass is 385 g/mol. The van der Waals surface area contributed by atoms with Crippen molar-refractivity contribution in [3.8, 4) is 6.07 Å². The molecular formula is C20H27N5OS. The number of fused-ring (bicyclic) bond motifs is 3. The molecule has 1 fully saturated rings. The highest BCUT2D eigenvalue weighted by molar-refractivity contribution is 7.19. The van der Waals surface area contributed by atoms with Gasteiger partial charge in [-0.2, -0.15) is 5.26 Å². The number of anilines is 1. The number of unbranched alkanes of at least 4 members (excludes halogenated alkanes) is 2. The van der Waals surface area contributed by atoms with Crippen molar-refractivity contribution in [2.45, 2.75) is 51.5 Å². The minimum Gasteiger partial charge on any atom is -0.379 e. The summed E-state index contributed by atoms with van der Waals surface area (Å²) in [6.45, 7) is 5.11. The first kappa shape index (κ1) is 18.6. The van der Waals surface area contributed by atoms with E-state index in [0.29, 0.717) is 6.42 Å². The van der Waals surface area contributed by atoms with Gasteiger partial charge in [0.2, 0.25) is 0 Å². The van der Waals surface area contributed by atoms with Crippen molar-refractivity contribution in [3.63, 3.8) is 0 Å². The zero-order valence-electron chi connectivity index (χ0n) is 15.8. The molecule has 0 bridgehead atoms. The van der Waals surface area contributed by atoms with Gasteiger partial charge in [-0.3, -0.25) is 4.90 Å². The van der Waals surface area contributed by atoms with Crippen LogP contribution in [0, 0.1) is 11.3 Å². The van der Waals surface area contributed by atoms with E-state index in [1.165, 1.54) is 35.1 Å². The minimum atomic E-state index is 0.622. The van der Waals surface area contributed by atoms with E-state index in [0.717, 1.165) is 75.1 Å². The summed E-state index contributed by atoms with van der Waals surface area (Å²) in [5, 5.41) is 13.5. The molecule has 2 aromatic rings. The first-order valence-corrected chi connectivity index (χ1v) is 10.9. The number of nitrogens with one attached hydrogen (secondary N) is 1. The third-order valence-corrected chi connectivity index (χ3v) is 6.52. The van der Waals surface area contributed by atoms with Gasteiger partial charge in [-0.05, 0) is 44.1 Å². The molecule has 1 saturated heterocycles. The van der Waals surface area contributed by atoms with Crippen molar-refractivity contribution >= 4 is 27.4 Å². The maximum absolute atomic E-state index is 8.72. The Morgan fingerprint density at radius 2 is 2.00 bits per heavy atom. The average molecular weight is 386 g/mol. The van der Waals surface area contributed by atoms with Gasteiger partial charge < -0.3 is 10.1 Å². The number of nitriles is 1. The largest absolute Gasteiger partial charge is 0.379 e. The van der Waals surface area contributed by atoms with Gasteiger partial charge in [0, 0.05) is 30.9 Å². The Labute approximate surface area is 164 Å². The Kier molecular flexibility index (Phi) is 6.17. The molecule has 0 radical (unpaired) electrons. The fourth-order valence-corrected chi connectivity index (χ4v) is 5.18. The lowest BCUT2D eigenvalue weighted by Gasteiger charge is -2.25. The molecule has 0 atom stereocenters. The van der Waals surface area contributed by atoms with E-state index in [9.17, 15) is 0 Å². The first-order chi connectivity index (χ1) is 13.3. The molecule has 0 aromatic carbocycles. The van der Waals surface area contributed by atoms with Crippen molar-refractivity contribution in [2.75, 3.05) is 38.2 Å². The third kappa shape index (κ3) is 4.40. The Morgan fingerprint density at radius 1 is 1.15 bits per heavy atom. The van der Waals surface area contributed by atoms with E-state index in [2.05, 4.69) is 16.3 Å². The van der Waals surface area contributed by atoms with Gasteiger partial charge in [0.25, 0.3) is 0 Å². The highest BCUT2D eigenvalue weighted by Crippen LogP contribution is 2.38. The zero-order valence-corrected chi connectivity index (χ0v) is 16.6. The normalized spacial score (nSPS) is 17.6. The molecule has 0 saturated carbocycles. The molecule has 1 aliphatic carbocycles. The summed E-state index contributed by atoms with van der Waals surface area (Å²) in [5.74, 6) is 1.90. The number of morpholine rings is 1. The smallest absolute Gasteiger partial charge is 0.146 e. The number of aromatic nitrogens is 2. The highest BCUT2D eigenvalue weighted by Gasteiger charge is 2.22. The van der Waals surface area contributed by atoms with E-state index in [-0.39, 0.29) is 0 Å². The number of nitrogens with zero attached hydrogens (tertiary/aromatic N) is 4. The predicted molar refractivity (Wildman–Crippen MR) is 108 cm³/mol. The topological polar surface area (TPSA) is 74.1 Å². The van der Waals surface area contributed by atoms with Crippen LogP contribution < -0.4 is 5.32 Å². The van der Waals surface area contributed by atoms with Crippen molar-refractivity contribution in [1.82, 2.24) is 14.9 Å². The fourth-order valence-electron chi connectivity index (χ4n) is 3.90. The molecule has 0 unspecified atom stereocenters. The van der Waals surface area contributed by atoms with Gasteiger partial charge in [0.05, 0.1) is 31.2 Å². The van der Waals surface area contributed by atoms with Crippen molar-refractivity contribution in [1.29, 1.82) is 5.26 Å².